The van der Waals surface area contributed by atoms with Crippen molar-refractivity contribution in [2.45, 2.75) is 39.2 Å². The van der Waals surface area contributed by atoms with E-state index in [0.29, 0.717) is 6.04 Å². The summed E-state index contributed by atoms with van der Waals surface area (Å²) >= 11 is 0. The van der Waals surface area contributed by atoms with E-state index in [1.54, 1.807) is 0 Å². The van der Waals surface area contributed by atoms with Gasteiger partial charge in [-0.25, -0.2) is 0 Å². The maximum absolute atomic E-state index is 5.80. The number of rotatable bonds is 2. The second-order valence-corrected chi connectivity index (χ2v) is 3.33. The van der Waals surface area contributed by atoms with Crippen molar-refractivity contribution in [2.24, 2.45) is 17.6 Å². The smallest absolute Gasteiger partial charge is 0.00723 e. The molecule has 1 aliphatic rings. The van der Waals surface area contributed by atoms with Crippen LogP contribution in [0.1, 0.15) is 33.1 Å². The lowest BCUT2D eigenvalue weighted by Crippen LogP contribution is -2.45. The molecule has 0 saturated heterocycles. The molecule has 0 amide bonds. The van der Waals surface area contributed by atoms with Crippen LogP contribution >= 0.6 is 0 Å². The van der Waals surface area contributed by atoms with E-state index in [4.69, 9.17) is 5.73 Å². The van der Waals surface area contributed by atoms with Gasteiger partial charge >= 0.3 is 0 Å². The van der Waals surface area contributed by atoms with Crippen molar-refractivity contribution in [3.05, 3.63) is 0 Å². The first-order valence-corrected chi connectivity index (χ1v) is 4.01. The van der Waals surface area contributed by atoms with E-state index in [0.717, 1.165) is 11.8 Å². The van der Waals surface area contributed by atoms with Crippen LogP contribution < -0.4 is 5.73 Å². The van der Waals surface area contributed by atoms with Crippen molar-refractivity contribution in [3.63, 3.8) is 0 Å². The highest BCUT2D eigenvalue weighted by molar-refractivity contribution is 4.88. The third-order valence-electron chi connectivity index (χ3n) is 2.55. The molecule has 1 saturated carbocycles. The molecule has 0 heterocycles. The summed E-state index contributed by atoms with van der Waals surface area (Å²) in [6, 6.07) is 0.528. The lowest BCUT2D eigenvalue weighted by atomic mass is 9.69. The maximum atomic E-state index is 5.80. The largest absolute Gasteiger partial charge is 0.327 e. The van der Waals surface area contributed by atoms with Crippen molar-refractivity contribution in [1.82, 2.24) is 0 Å². The Bertz CT molecular complexity index is 82.6. The molecule has 1 fully saturated rings. The minimum Gasteiger partial charge on any atom is -0.327 e. The number of hydrogen-bond acceptors (Lipinski definition) is 1. The molecular weight excluding hydrogens is 110 g/mol. The molecule has 54 valence electrons. The summed E-state index contributed by atoms with van der Waals surface area (Å²) in [6.45, 7) is 4.54. The molecule has 1 nitrogen and oxygen atoms in total. The highest BCUT2D eigenvalue weighted by atomic mass is 14.7. The van der Waals surface area contributed by atoms with Crippen LogP contribution in [0.25, 0.3) is 0 Å². The molecule has 2 unspecified atom stereocenters. The van der Waals surface area contributed by atoms with Crippen molar-refractivity contribution < 1.29 is 0 Å². The number of nitrogens with two attached hydrogens (primary N) is 1. The fraction of sp³-hybridized carbons (Fsp3) is 1.00. The van der Waals surface area contributed by atoms with Crippen molar-refractivity contribution >= 4 is 0 Å². The van der Waals surface area contributed by atoms with Crippen LogP contribution in [0, 0.1) is 11.8 Å². The first-order valence-electron chi connectivity index (χ1n) is 4.01. The van der Waals surface area contributed by atoms with Crippen LogP contribution in [-0.2, 0) is 0 Å². The van der Waals surface area contributed by atoms with E-state index in [1.807, 2.05) is 0 Å². The Balaban J connectivity index is 2.22. The summed E-state index contributed by atoms with van der Waals surface area (Å²) < 4.78 is 0. The Labute approximate surface area is 57.6 Å². The first-order chi connectivity index (χ1) is 4.25. The predicted molar refractivity (Wildman–Crippen MR) is 40.2 cm³/mol. The van der Waals surface area contributed by atoms with Gasteiger partial charge in [-0.2, -0.15) is 0 Å². The lowest BCUT2D eigenvalue weighted by Gasteiger charge is -2.40. The fourth-order valence-corrected chi connectivity index (χ4v) is 1.84. The van der Waals surface area contributed by atoms with Gasteiger partial charge in [0.05, 0.1) is 0 Å². The Morgan fingerprint density at radius 1 is 1.56 bits per heavy atom. The average molecular weight is 127 g/mol. The summed E-state index contributed by atoms with van der Waals surface area (Å²) in [5, 5.41) is 0. The van der Waals surface area contributed by atoms with Crippen LogP contribution in [0.2, 0.25) is 0 Å². The van der Waals surface area contributed by atoms with Crippen molar-refractivity contribution in [2.75, 3.05) is 0 Å². The molecule has 0 aromatic heterocycles. The third-order valence-corrected chi connectivity index (χ3v) is 2.55. The van der Waals surface area contributed by atoms with Crippen LogP contribution in [0.5, 0.6) is 0 Å². The van der Waals surface area contributed by atoms with Gasteiger partial charge in [0.1, 0.15) is 0 Å². The van der Waals surface area contributed by atoms with Crippen molar-refractivity contribution in [3.8, 4) is 0 Å². The minimum absolute atomic E-state index is 0.528. The molecule has 0 aromatic rings. The zero-order chi connectivity index (χ0) is 6.85. The Morgan fingerprint density at radius 3 is 2.44 bits per heavy atom. The van der Waals surface area contributed by atoms with E-state index in [-0.39, 0.29) is 0 Å². The minimum atomic E-state index is 0.528. The van der Waals surface area contributed by atoms with Crippen molar-refractivity contribution in [1.29, 1.82) is 0 Å². The zero-order valence-corrected chi connectivity index (χ0v) is 6.43. The molecule has 1 aliphatic carbocycles. The summed E-state index contributed by atoms with van der Waals surface area (Å²) in [7, 11) is 0. The molecule has 2 N–H and O–H groups in total. The Kier molecular flexibility index (Phi) is 2.12. The molecule has 1 rings (SSSR count). The van der Waals surface area contributed by atoms with Crippen LogP contribution in [0.15, 0.2) is 0 Å². The van der Waals surface area contributed by atoms with Gasteiger partial charge in [0, 0.05) is 6.04 Å². The topological polar surface area (TPSA) is 26.0 Å². The van der Waals surface area contributed by atoms with E-state index in [1.165, 1.54) is 19.3 Å². The molecule has 1 heteroatoms. The molecule has 9 heavy (non-hydrogen) atoms. The molecule has 0 aliphatic heterocycles. The third kappa shape index (κ3) is 1.26. The SMILES string of the molecule is CCCC1C(N)C[C@H]1C. The number of hydrogen-bond donors (Lipinski definition) is 1. The van der Waals surface area contributed by atoms with Gasteiger partial charge in [-0.05, 0) is 24.7 Å². The maximum Gasteiger partial charge on any atom is 0.00723 e. The van der Waals surface area contributed by atoms with Crippen LogP contribution in [0.3, 0.4) is 0 Å². The summed E-state index contributed by atoms with van der Waals surface area (Å²) in [4.78, 5) is 0. The van der Waals surface area contributed by atoms with Crippen LogP contribution in [-0.4, -0.2) is 6.04 Å². The second-order valence-electron chi connectivity index (χ2n) is 3.33. The quantitative estimate of drug-likeness (QED) is 0.601. The molecule has 0 bridgehead atoms. The summed E-state index contributed by atoms with van der Waals surface area (Å²) in [5.74, 6) is 1.75. The Hall–Kier alpha value is -0.0400. The first kappa shape index (κ1) is 7.07. The molecule has 0 aromatic carbocycles. The fourth-order valence-electron chi connectivity index (χ4n) is 1.84. The van der Waals surface area contributed by atoms with E-state index >= 15 is 0 Å². The summed E-state index contributed by atoms with van der Waals surface area (Å²) in [5.41, 5.74) is 5.80. The van der Waals surface area contributed by atoms with E-state index in [2.05, 4.69) is 13.8 Å². The summed E-state index contributed by atoms with van der Waals surface area (Å²) in [6.07, 6.45) is 3.88. The molecular formula is C8H17N. The monoisotopic (exact) mass is 127 g/mol. The second kappa shape index (κ2) is 2.70. The zero-order valence-electron chi connectivity index (χ0n) is 6.43. The van der Waals surface area contributed by atoms with E-state index in [9.17, 15) is 0 Å². The predicted octanol–water partition coefficient (Wildman–Crippen LogP) is 1.77. The Morgan fingerprint density at radius 2 is 2.22 bits per heavy atom. The van der Waals surface area contributed by atoms with Crippen LogP contribution in [0.4, 0.5) is 0 Å². The van der Waals surface area contributed by atoms with Gasteiger partial charge in [0.25, 0.3) is 0 Å². The highest BCUT2D eigenvalue weighted by Gasteiger charge is 2.33. The van der Waals surface area contributed by atoms with Gasteiger partial charge in [-0.3, -0.25) is 0 Å². The van der Waals surface area contributed by atoms with Gasteiger partial charge in [-0.15, -0.1) is 0 Å². The highest BCUT2D eigenvalue weighted by Crippen LogP contribution is 2.35. The van der Waals surface area contributed by atoms with Gasteiger partial charge in [-0.1, -0.05) is 20.3 Å². The lowest BCUT2D eigenvalue weighted by molar-refractivity contribution is 0.141. The molecule has 3 atom stereocenters. The standard InChI is InChI=1S/C8H17N/c1-3-4-7-6(2)5-8(7)9/h6-8H,3-5,9H2,1-2H3/t6-,7?,8?/m1/s1. The molecule has 0 spiro atoms. The van der Waals surface area contributed by atoms with Gasteiger partial charge in [0.15, 0.2) is 0 Å². The normalized spacial score (nSPS) is 42.3. The van der Waals surface area contributed by atoms with Gasteiger partial charge < -0.3 is 5.73 Å². The van der Waals surface area contributed by atoms with Gasteiger partial charge in [0.2, 0.25) is 0 Å². The molecule has 0 radical (unpaired) electrons. The average Bonchev–Trinajstić information content (AvgIpc) is 1.84. The van der Waals surface area contributed by atoms with E-state index < -0.39 is 0 Å².